The van der Waals surface area contributed by atoms with Crippen molar-refractivity contribution in [1.29, 1.82) is 0 Å². The lowest BCUT2D eigenvalue weighted by Gasteiger charge is -2.18. The van der Waals surface area contributed by atoms with Gasteiger partial charge in [0.1, 0.15) is 11.6 Å². The molecule has 1 aromatic heterocycles. The van der Waals surface area contributed by atoms with E-state index in [1.54, 1.807) is 18.2 Å². The summed E-state index contributed by atoms with van der Waals surface area (Å²) in [6.07, 6.45) is 3.84. The van der Waals surface area contributed by atoms with Crippen molar-refractivity contribution >= 4 is 5.82 Å². The number of fused-ring (bicyclic) bond motifs is 1. The van der Waals surface area contributed by atoms with Crippen molar-refractivity contribution in [3.63, 3.8) is 0 Å². The van der Waals surface area contributed by atoms with Crippen LogP contribution in [0.15, 0.2) is 24.3 Å². The van der Waals surface area contributed by atoms with Crippen molar-refractivity contribution in [2.75, 3.05) is 5.73 Å². The number of halogens is 2. The fourth-order valence-electron chi connectivity index (χ4n) is 2.59. The first-order valence-corrected chi connectivity index (χ1v) is 6.84. The van der Waals surface area contributed by atoms with Gasteiger partial charge in [-0.1, -0.05) is 12.1 Å². The van der Waals surface area contributed by atoms with Gasteiger partial charge in [-0.25, -0.2) is 9.97 Å². The second-order valence-electron chi connectivity index (χ2n) is 4.94. The zero-order valence-corrected chi connectivity index (χ0v) is 11.4. The third-order valence-electron chi connectivity index (χ3n) is 3.56. The second kappa shape index (κ2) is 5.63. The van der Waals surface area contributed by atoms with Crippen LogP contribution >= 0.6 is 0 Å². The first-order valence-electron chi connectivity index (χ1n) is 6.84. The Bertz CT molecular complexity index is 661. The normalized spacial score (nSPS) is 14.0. The topological polar surface area (TPSA) is 61.0 Å². The van der Waals surface area contributed by atoms with Crippen molar-refractivity contribution in [1.82, 2.24) is 9.97 Å². The Balaban J connectivity index is 2.07. The highest BCUT2D eigenvalue weighted by atomic mass is 19.3. The number of alkyl halides is 2. The fraction of sp³-hybridized carbons (Fsp3) is 0.333. The quantitative estimate of drug-likeness (QED) is 0.943. The van der Waals surface area contributed by atoms with Crippen molar-refractivity contribution in [3.8, 4) is 17.1 Å². The highest BCUT2D eigenvalue weighted by molar-refractivity contribution is 5.66. The maximum absolute atomic E-state index is 12.5. The molecular weight excluding hydrogens is 276 g/mol. The molecule has 0 radical (unpaired) electrons. The lowest BCUT2D eigenvalue weighted by atomic mass is 9.96. The monoisotopic (exact) mass is 291 g/mol. The van der Waals surface area contributed by atoms with Gasteiger partial charge in [0.05, 0.1) is 5.56 Å². The second-order valence-corrected chi connectivity index (χ2v) is 4.94. The molecule has 21 heavy (non-hydrogen) atoms. The van der Waals surface area contributed by atoms with Gasteiger partial charge in [-0.15, -0.1) is 0 Å². The van der Waals surface area contributed by atoms with Gasteiger partial charge in [0.25, 0.3) is 0 Å². The number of rotatable bonds is 3. The zero-order valence-electron chi connectivity index (χ0n) is 11.4. The average molecular weight is 291 g/mol. The Kier molecular flexibility index (Phi) is 3.68. The van der Waals surface area contributed by atoms with E-state index in [0.29, 0.717) is 17.2 Å². The number of hydrogen-bond acceptors (Lipinski definition) is 4. The SMILES string of the molecule is Nc1nc(-c2ccccc2OC(F)F)nc2c1CCCC2. The summed E-state index contributed by atoms with van der Waals surface area (Å²) >= 11 is 0. The van der Waals surface area contributed by atoms with Crippen LogP contribution in [0.4, 0.5) is 14.6 Å². The molecule has 0 bridgehead atoms. The number of para-hydroxylation sites is 1. The molecule has 0 aliphatic heterocycles. The first kappa shape index (κ1) is 13.7. The molecule has 3 rings (SSSR count). The summed E-state index contributed by atoms with van der Waals surface area (Å²) in [5.41, 5.74) is 8.32. The fourth-order valence-corrected chi connectivity index (χ4v) is 2.59. The van der Waals surface area contributed by atoms with Crippen LogP contribution in [0, 0.1) is 0 Å². The minimum absolute atomic E-state index is 0.0580. The highest BCUT2D eigenvalue weighted by Gasteiger charge is 2.19. The molecule has 110 valence electrons. The molecule has 0 fully saturated rings. The van der Waals surface area contributed by atoms with Gasteiger partial charge in [0, 0.05) is 11.3 Å². The summed E-state index contributed by atoms with van der Waals surface area (Å²) in [6, 6.07) is 6.48. The number of nitrogens with zero attached hydrogens (tertiary/aromatic N) is 2. The van der Waals surface area contributed by atoms with Crippen LogP contribution in [0.3, 0.4) is 0 Å². The van der Waals surface area contributed by atoms with Gasteiger partial charge in [0.2, 0.25) is 0 Å². The molecule has 6 heteroatoms. The van der Waals surface area contributed by atoms with Gasteiger partial charge in [-0.05, 0) is 37.8 Å². The molecular formula is C15H15F2N3O. The van der Waals surface area contributed by atoms with Crippen LogP contribution in [0.1, 0.15) is 24.1 Å². The predicted molar refractivity (Wildman–Crippen MR) is 75.2 cm³/mol. The van der Waals surface area contributed by atoms with Crippen LogP contribution in [0.5, 0.6) is 5.75 Å². The summed E-state index contributed by atoms with van der Waals surface area (Å²) in [6.45, 7) is -2.89. The standard InChI is InChI=1S/C15H15F2N3O/c16-15(17)21-12-8-4-2-6-10(12)14-19-11-7-3-1-5-9(11)13(18)20-14/h2,4,6,8,15H,1,3,5,7H2,(H2,18,19,20). The average Bonchev–Trinajstić information content (AvgIpc) is 2.47. The number of nitrogens with two attached hydrogens (primary N) is 1. The van der Waals surface area contributed by atoms with Crippen molar-refractivity contribution in [2.24, 2.45) is 0 Å². The van der Waals surface area contributed by atoms with E-state index in [9.17, 15) is 8.78 Å². The molecule has 0 amide bonds. The van der Waals surface area contributed by atoms with Crippen LogP contribution in [-0.4, -0.2) is 16.6 Å². The smallest absolute Gasteiger partial charge is 0.387 e. The van der Waals surface area contributed by atoms with Gasteiger partial charge < -0.3 is 10.5 Å². The van der Waals surface area contributed by atoms with Crippen molar-refractivity contribution < 1.29 is 13.5 Å². The zero-order chi connectivity index (χ0) is 14.8. The third kappa shape index (κ3) is 2.79. The molecule has 0 unspecified atom stereocenters. The summed E-state index contributed by atoms with van der Waals surface area (Å²) in [5, 5.41) is 0. The summed E-state index contributed by atoms with van der Waals surface area (Å²) < 4.78 is 29.5. The Morgan fingerprint density at radius 2 is 1.86 bits per heavy atom. The maximum Gasteiger partial charge on any atom is 0.387 e. The van der Waals surface area contributed by atoms with E-state index in [-0.39, 0.29) is 5.75 Å². The van der Waals surface area contributed by atoms with Gasteiger partial charge in [0.15, 0.2) is 5.82 Å². The molecule has 1 aliphatic rings. The number of aromatic nitrogens is 2. The third-order valence-corrected chi connectivity index (χ3v) is 3.56. The molecule has 1 aromatic carbocycles. The Morgan fingerprint density at radius 1 is 1.10 bits per heavy atom. The Hall–Kier alpha value is -2.24. The summed E-state index contributed by atoms with van der Waals surface area (Å²) in [5.74, 6) is 0.827. The molecule has 2 aromatic rings. The maximum atomic E-state index is 12.5. The van der Waals surface area contributed by atoms with E-state index in [1.807, 2.05) is 0 Å². The Morgan fingerprint density at radius 3 is 2.67 bits per heavy atom. The van der Waals surface area contributed by atoms with Gasteiger partial charge in [-0.2, -0.15) is 8.78 Å². The van der Waals surface area contributed by atoms with E-state index >= 15 is 0 Å². The first-order chi connectivity index (χ1) is 10.1. The summed E-state index contributed by atoms with van der Waals surface area (Å²) in [4.78, 5) is 8.76. The summed E-state index contributed by atoms with van der Waals surface area (Å²) in [7, 11) is 0. The lowest BCUT2D eigenvalue weighted by Crippen LogP contribution is -2.12. The molecule has 0 saturated heterocycles. The number of anilines is 1. The minimum Gasteiger partial charge on any atom is -0.434 e. The molecule has 4 nitrogen and oxygen atoms in total. The lowest BCUT2D eigenvalue weighted by molar-refractivity contribution is -0.0494. The van der Waals surface area contributed by atoms with Gasteiger partial charge >= 0.3 is 6.61 Å². The number of benzene rings is 1. The minimum atomic E-state index is -2.89. The molecule has 1 heterocycles. The molecule has 2 N–H and O–H groups in total. The molecule has 1 aliphatic carbocycles. The molecule has 0 atom stereocenters. The van der Waals surface area contributed by atoms with E-state index in [1.165, 1.54) is 6.07 Å². The van der Waals surface area contributed by atoms with Crippen LogP contribution in [0.25, 0.3) is 11.4 Å². The molecule has 0 spiro atoms. The Labute approximate surface area is 121 Å². The number of nitrogen functional groups attached to an aromatic ring is 1. The van der Waals surface area contributed by atoms with Crippen LogP contribution < -0.4 is 10.5 Å². The molecule has 0 saturated carbocycles. The van der Waals surface area contributed by atoms with E-state index in [4.69, 9.17) is 5.73 Å². The van der Waals surface area contributed by atoms with E-state index in [0.717, 1.165) is 36.9 Å². The van der Waals surface area contributed by atoms with E-state index in [2.05, 4.69) is 14.7 Å². The van der Waals surface area contributed by atoms with Crippen LogP contribution in [0.2, 0.25) is 0 Å². The largest absolute Gasteiger partial charge is 0.434 e. The number of hydrogen-bond donors (Lipinski definition) is 1. The van der Waals surface area contributed by atoms with Crippen LogP contribution in [-0.2, 0) is 12.8 Å². The predicted octanol–water partition coefficient (Wildman–Crippen LogP) is 3.21. The van der Waals surface area contributed by atoms with E-state index < -0.39 is 6.61 Å². The number of ether oxygens (including phenoxy) is 1. The van der Waals surface area contributed by atoms with Crippen molar-refractivity contribution in [2.45, 2.75) is 32.3 Å². The van der Waals surface area contributed by atoms with Crippen molar-refractivity contribution in [3.05, 3.63) is 35.5 Å². The van der Waals surface area contributed by atoms with Gasteiger partial charge in [-0.3, -0.25) is 0 Å². The highest BCUT2D eigenvalue weighted by Crippen LogP contribution is 2.32. The number of aryl methyl sites for hydroxylation is 1.